The van der Waals surface area contributed by atoms with E-state index in [1.807, 2.05) is 18.5 Å². The quantitative estimate of drug-likeness (QED) is 0.768. The number of tetrazole rings is 1. The Bertz CT molecular complexity index is 390. The third kappa shape index (κ3) is 3.18. The molecule has 1 aliphatic carbocycles. The summed E-state index contributed by atoms with van der Waals surface area (Å²) in [6.45, 7) is 4.63. The van der Waals surface area contributed by atoms with Crippen LogP contribution in [-0.2, 0) is 4.79 Å². The van der Waals surface area contributed by atoms with Crippen LogP contribution in [0.3, 0.4) is 0 Å². The Kier molecular flexibility index (Phi) is 3.98. The number of thioether (sulfide) groups is 1. The maximum Gasteiger partial charge on any atom is 0.233 e. The monoisotopic (exact) mass is 255 g/mol. The van der Waals surface area contributed by atoms with Crippen LogP contribution in [0.1, 0.15) is 39.2 Å². The van der Waals surface area contributed by atoms with Crippen LogP contribution in [-0.4, -0.2) is 37.9 Å². The SMILES string of the molecule is CCCNC(=O)[C@H](C)Sc1nnnn1C1CC1. The van der Waals surface area contributed by atoms with Crippen LogP contribution < -0.4 is 5.32 Å². The molecule has 7 heteroatoms. The second kappa shape index (κ2) is 5.48. The van der Waals surface area contributed by atoms with Gasteiger partial charge in [0.05, 0.1) is 11.3 Å². The van der Waals surface area contributed by atoms with Gasteiger partial charge in [0, 0.05) is 6.54 Å². The first-order chi connectivity index (χ1) is 8.22. The summed E-state index contributed by atoms with van der Waals surface area (Å²) in [5.74, 6) is 0.0437. The van der Waals surface area contributed by atoms with E-state index < -0.39 is 0 Å². The van der Waals surface area contributed by atoms with Gasteiger partial charge >= 0.3 is 0 Å². The number of hydrogen-bond acceptors (Lipinski definition) is 5. The lowest BCUT2D eigenvalue weighted by Crippen LogP contribution is -2.31. The van der Waals surface area contributed by atoms with Crippen molar-refractivity contribution >= 4 is 17.7 Å². The Morgan fingerprint density at radius 1 is 1.65 bits per heavy atom. The summed E-state index contributed by atoms with van der Waals surface area (Å²) in [6, 6.07) is 0.443. The van der Waals surface area contributed by atoms with E-state index in [2.05, 4.69) is 20.8 Å². The molecule has 2 rings (SSSR count). The molecule has 0 saturated heterocycles. The first-order valence-corrected chi connectivity index (χ1v) is 6.82. The van der Waals surface area contributed by atoms with Crippen LogP contribution in [0.15, 0.2) is 5.16 Å². The van der Waals surface area contributed by atoms with Gasteiger partial charge < -0.3 is 5.32 Å². The highest BCUT2D eigenvalue weighted by molar-refractivity contribution is 8.00. The van der Waals surface area contributed by atoms with Gasteiger partial charge in [-0.3, -0.25) is 4.79 Å². The molecule has 1 aliphatic rings. The number of nitrogens with zero attached hydrogens (tertiary/aromatic N) is 4. The molecule has 1 N–H and O–H groups in total. The molecule has 0 aromatic carbocycles. The zero-order valence-corrected chi connectivity index (χ0v) is 10.9. The summed E-state index contributed by atoms with van der Waals surface area (Å²) in [7, 11) is 0. The number of nitrogens with one attached hydrogen (secondary N) is 1. The highest BCUT2D eigenvalue weighted by atomic mass is 32.2. The van der Waals surface area contributed by atoms with E-state index in [0.29, 0.717) is 6.04 Å². The number of carbonyl (C=O) groups is 1. The summed E-state index contributed by atoms with van der Waals surface area (Å²) >= 11 is 1.42. The van der Waals surface area contributed by atoms with E-state index in [9.17, 15) is 4.79 Å². The van der Waals surface area contributed by atoms with Crippen LogP contribution in [0.5, 0.6) is 0 Å². The van der Waals surface area contributed by atoms with Crippen LogP contribution in [0.4, 0.5) is 0 Å². The van der Waals surface area contributed by atoms with Gasteiger partial charge in [0.25, 0.3) is 0 Å². The van der Waals surface area contributed by atoms with Crippen molar-refractivity contribution in [3.63, 3.8) is 0 Å². The Labute approximate surface area is 105 Å². The number of amides is 1. The second-order valence-electron chi connectivity index (χ2n) is 4.19. The van der Waals surface area contributed by atoms with Crippen molar-refractivity contribution in [3.8, 4) is 0 Å². The molecule has 0 aliphatic heterocycles. The van der Waals surface area contributed by atoms with Crippen LogP contribution in [0.2, 0.25) is 0 Å². The minimum Gasteiger partial charge on any atom is -0.355 e. The van der Waals surface area contributed by atoms with Gasteiger partial charge in [-0.25, -0.2) is 4.68 Å². The van der Waals surface area contributed by atoms with E-state index >= 15 is 0 Å². The molecule has 6 nitrogen and oxygen atoms in total. The number of hydrogen-bond donors (Lipinski definition) is 1. The largest absolute Gasteiger partial charge is 0.355 e. The van der Waals surface area contributed by atoms with E-state index in [4.69, 9.17) is 0 Å². The average molecular weight is 255 g/mol. The minimum atomic E-state index is -0.162. The standard InChI is InChI=1S/C10H17N5OS/c1-3-6-11-9(16)7(2)17-10-12-13-14-15(10)8-4-5-8/h7-8H,3-6H2,1-2H3,(H,11,16)/t7-/m0/s1. The number of aromatic nitrogens is 4. The molecule has 1 amide bonds. The van der Waals surface area contributed by atoms with Crippen LogP contribution >= 0.6 is 11.8 Å². The van der Waals surface area contributed by atoms with E-state index in [0.717, 1.165) is 31.0 Å². The lowest BCUT2D eigenvalue weighted by molar-refractivity contribution is -0.120. The molecular weight excluding hydrogens is 238 g/mol. The summed E-state index contributed by atoms with van der Waals surface area (Å²) < 4.78 is 1.83. The van der Waals surface area contributed by atoms with Gasteiger partial charge in [-0.05, 0) is 36.6 Å². The average Bonchev–Trinajstić information content (AvgIpc) is 3.07. The Morgan fingerprint density at radius 3 is 3.06 bits per heavy atom. The minimum absolute atomic E-state index is 0.0437. The predicted molar refractivity (Wildman–Crippen MR) is 64.7 cm³/mol. The Hall–Kier alpha value is -1.11. The van der Waals surface area contributed by atoms with Crippen molar-refractivity contribution in [3.05, 3.63) is 0 Å². The normalized spacial score (nSPS) is 16.8. The van der Waals surface area contributed by atoms with Gasteiger partial charge in [0.15, 0.2) is 0 Å². The third-order valence-corrected chi connectivity index (χ3v) is 3.60. The van der Waals surface area contributed by atoms with Crippen molar-refractivity contribution in [2.45, 2.75) is 49.6 Å². The molecule has 1 saturated carbocycles. The summed E-state index contributed by atoms with van der Waals surface area (Å²) in [6.07, 6.45) is 3.22. The van der Waals surface area contributed by atoms with Crippen molar-refractivity contribution < 1.29 is 4.79 Å². The third-order valence-electron chi connectivity index (χ3n) is 2.56. The fourth-order valence-electron chi connectivity index (χ4n) is 1.41. The predicted octanol–water partition coefficient (Wildman–Crippen LogP) is 1.01. The van der Waals surface area contributed by atoms with Crippen molar-refractivity contribution in [2.24, 2.45) is 0 Å². The lowest BCUT2D eigenvalue weighted by atomic mass is 10.4. The number of rotatable bonds is 6. The van der Waals surface area contributed by atoms with Crippen molar-refractivity contribution in [1.29, 1.82) is 0 Å². The molecule has 0 bridgehead atoms. The van der Waals surface area contributed by atoms with Crippen LogP contribution in [0.25, 0.3) is 0 Å². The van der Waals surface area contributed by atoms with Gasteiger partial charge in [-0.2, -0.15) is 0 Å². The first kappa shape index (κ1) is 12.3. The van der Waals surface area contributed by atoms with Gasteiger partial charge in [-0.1, -0.05) is 18.7 Å². The molecular formula is C10H17N5OS. The Morgan fingerprint density at radius 2 is 2.41 bits per heavy atom. The maximum atomic E-state index is 11.7. The molecule has 0 spiro atoms. The molecule has 0 radical (unpaired) electrons. The smallest absolute Gasteiger partial charge is 0.233 e. The summed E-state index contributed by atoms with van der Waals surface area (Å²) in [5, 5.41) is 15.0. The summed E-state index contributed by atoms with van der Waals surface area (Å²) in [4.78, 5) is 11.7. The first-order valence-electron chi connectivity index (χ1n) is 5.94. The van der Waals surface area contributed by atoms with Gasteiger partial charge in [0.2, 0.25) is 11.1 Å². The fourth-order valence-corrected chi connectivity index (χ4v) is 2.30. The van der Waals surface area contributed by atoms with Gasteiger partial charge in [-0.15, -0.1) is 5.10 Å². The molecule has 17 heavy (non-hydrogen) atoms. The molecule has 1 aromatic heterocycles. The van der Waals surface area contributed by atoms with E-state index in [1.165, 1.54) is 11.8 Å². The van der Waals surface area contributed by atoms with Gasteiger partial charge in [0.1, 0.15) is 0 Å². The number of carbonyl (C=O) groups excluding carboxylic acids is 1. The lowest BCUT2D eigenvalue weighted by Gasteiger charge is -2.10. The molecule has 0 unspecified atom stereocenters. The topological polar surface area (TPSA) is 72.7 Å². The van der Waals surface area contributed by atoms with Crippen molar-refractivity contribution in [2.75, 3.05) is 6.54 Å². The molecule has 1 fully saturated rings. The zero-order chi connectivity index (χ0) is 12.3. The molecule has 1 atom stereocenters. The highest BCUT2D eigenvalue weighted by Gasteiger charge is 2.29. The summed E-state index contributed by atoms with van der Waals surface area (Å²) in [5.41, 5.74) is 0. The zero-order valence-electron chi connectivity index (χ0n) is 10.1. The van der Waals surface area contributed by atoms with Crippen LogP contribution in [0, 0.1) is 0 Å². The van der Waals surface area contributed by atoms with E-state index in [-0.39, 0.29) is 11.2 Å². The molecule has 1 heterocycles. The highest BCUT2D eigenvalue weighted by Crippen LogP contribution is 2.37. The van der Waals surface area contributed by atoms with E-state index in [1.54, 1.807) is 0 Å². The fraction of sp³-hybridized carbons (Fsp3) is 0.800. The molecule has 94 valence electrons. The Balaban J connectivity index is 1.90. The molecule has 1 aromatic rings. The maximum absolute atomic E-state index is 11.7. The second-order valence-corrected chi connectivity index (χ2v) is 5.50. The van der Waals surface area contributed by atoms with Crippen molar-refractivity contribution in [1.82, 2.24) is 25.5 Å².